The molecule has 2 rings (SSSR count). The summed E-state index contributed by atoms with van der Waals surface area (Å²) in [5.74, 6) is 0.613. The quantitative estimate of drug-likeness (QED) is 0.752. The molecule has 2 aromatic rings. The zero-order valence-corrected chi connectivity index (χ0v) is 10.1. The maximum absolute atomic E-state index is 8.97. The standard InChI is InChI=1S/C13H17N3O/c1-8-3-4-10(9(2)5-8)12-6-15-13(16-12)11(14)7-17/h3-6,11,17H,7,14H2,1-2H3,(H,15,16). The van der Waals surface area contributed by atoms with Gasteiger partial charge in [-0.15, -0.1) is 0 Å². The van der Waals surface area contributed by atoms with Crippen LogP contribution < -0.4 is 5.73 Å². The van der Waals surface area contributed by atoms with Gasteiger partial charge >= 0.3 is 0 Å². The Bertz CT molecular complexity index is 519. The van der Waals surface area contributed by atoms with Crippen LogP contribution >= 0.6 is 0 Å². The van der Waals surface area contributed by atoms with Crippen LogP contribution in [-0.4, -0.2) is 21.7 Å². The molecule has 0 aliphatic carbocycles. The number of aryl methyl sites for hydroxylation is 2. The molecule has 0 saturated carbocycles. The number of nitrogens with two attached hydrogens (primary N) is 1. The van der Waals surface area contributed by atoms with Crippen molar-refractivity contribution in [2.24, 2.45) is 5.73 Å². The van der Waals surface area contributed by atoms with Crippen molar-refractivity contribution in [1.82, 2.24) is 9.97 Å². The number of rotatable bonds is 3. The Balaban J connectivity index is 2.37. The van der Waals surface area contributed by atoms with E-state index in [0.29, 0.717) is 5.82 Å². The fourth-order valence-corrected chi connectivity index (χ4v) is 1.86. The molecule has 1 heterocycles. The number of hydrogen-bond acceptors (Lipinski definition) is 3. The van der Waals surface area contributed by atoms with Crippen LogP contribution in [0.4, 0.5) is 0 Å². The summed E-state index contributed by atoms with van der Waals surface area (Å²) in [6.07, 6.45) is 1.75. The lowest BCUT2D eigenvalue weighted by molar-refractivity contribution is 0.264. The van der Waals surface area contributed by atoms with Gasteiger partial charge < -0.3 is 15.8 Å². The average Bonchev–Trinajstić information content (AvgIpc) is 2.77. The molecular formula is C13H17N3O. The molecule has 0 bridgehead atoms. The van der Waals surface area contributed by atoms with E-state index in [1.54, 1.807) is 6.20 Å². The number of nitrogens with zero attached hydrogens (tertiary/aromatic N) is 1. The number of hydrogen-bond donors (Lipinski definition) is 3. The van der Waals surface area contributed by atoms with Crippen LogP contribution in [0.1, 0.15) is 23.0 Å². The minimum absolute atomic E-state index is 0.111. The predicted octanol–water partition coefficient (Wildman–Crippen LogP) is 1.69. The summed E-state index contributed by atoms with van der Waals surface area (Å²) >= 11 is 0. The Hall–Kier alpha value is -1.65. The highest BCUT2D eigenvalue weighted by Gasteiger charge is 2.10. The highest BCUT2D eigenvalue weighted by atomic mass is 16.3. The van der Waals surface area contributed by atoms with Crippen molar-refractivity contribution in [2.45, 2.75) is 19.9 Å². The third-order valence-electron chi connectivity index (χ3n) is 2.82. The summed E-state index contributed by atoms with van der Waals surface area (Å²) in [5, 5.41) is 8.97. The first-order valence-electron chi connectivity index (χ1n) is 5.60. The summed E-state index contributed by atoms with van der Waals surface area (Å²) in [6.45, 7) is 4.02. The fourth-order valence-electron chi connectivity index (χ4n) is 1.86. The zero-order chi connectivity index (χ0) is 12.4. The second-order valence-corrected chi connectivity index (χ2v) is 4.29. The Morgan fingerprint density at radius 2 is 2.18 bits per heavy atom. The van der Waals surface area contributed by atoms with Gasteiger partial charge in [-0.05, 0) is 19.4 Å². The molecule has 0 fully saturated rings. The van der Waals surface area contributed by atoms with E-state index in [4.69, 9.17) is 10.8 Å². The number of aromatic amines is 1. The van der Waals surface area contributed by atoms with E-state index in [1.807, 2.05) is 0 Å². The van der Waals surface area contributed by atoms with Crippen LogP contribution in [0.5, 0.6) is 0 Å². The van der Waals surface area contributed by atoms with E-state index in [2.05, 4.69) is 42.0 Å². The van der Waals surface area contributed by atoms with Gasteiger partial charge in [0.25, 0.3) is 0 Å². The molecule has 4 nitrogen and oxygen atoms in total. The number of benzene rings is 1. The molecule has 1 atom stereocenters. The van der Waals surface area contributed by atoms with Gasteiger partial charge in [0.1, 0.15) is 5.82 Å². The summed E-state index contributed by atoms with van der Waals surface area (Å²) in [7, 11) is 0. The predicted molar refractivity (Wildman–Crippen MR) is 67.5 cm³/mol. The molecular weight excluding hydrogens is 214 g/mol. The van der Waals surface area contributed by atoms with E-state index in [0.717, 1.165) is 11.3 Å². The van der Waals surface area contributed by atoms with Crippen LogP contribution in [0.3, 0.4) is 0 Å². The first-order valence-corrected chi connectivity index (χ1v) is 5.60. The molecule has 1 aromatic heterocycles. The maximum Gasteiger partial charge on any atom is 0.125 e. The van der Waals surface area contributed by atoms with Crippen molar-refractivity contribution < 1.29 is 5.11 Å². The topological polar surface area (TPSA) is 74.9 Å². The number of aliphatic hydroxyl groups is 1. The van der Waals surface area contributed by atoms with Crippen molar-refractivity contribution in [1.29, 1.82) is 0 Å². The summed E-state index contributed by atoms with van der Waals surface area (Å²) < 4.78 is 0. The largest absolute Gasteiger partial charge is 0.394 e. The van der Waals surface area contributed by atoms with Crippen LogP contribution in [-0.2, 0) is 0 Å². The molecule has 0 radical (unpaired) electrons. The van der Waals surface area contributed by atoms with Crippen molar-refractivity contribution >= 4 is 0 Å². The first kappa shape index (κ1) is 11.8. The van der Waals surface area contributed by atoms with Gasteiger partial charge in [-0.2, -0.15) is 0 Å². The number of H-pyrrole nitrogens is 1. The minimum atomic E-state index is -0.450. The van der Waals surface area contributed by atoms with Gasteiger partial charge in [-0.25, -0.2) is 4.98 Å². The van der Waals surface area contributed by atoms with Gasteiger partial charge in [0.15, 0.2) is 0 Å². The summed E-state index contributed by atoms with van der Waals surface area (Å²) in [6, 6.07) is 5.80. The molecule has 17 heavy (non-hydrogen) atoms. The fraction of sp³-hybridized carbons (Fsp3) is 0.308. The lowest BCUT2D eigenvalue weighted by Crippen LogP contribution is -2.15. The molecule has 1 aromatic carbocycles. The molecule has 90 valence electrons. The number of aliphatic hydroxyl groups excluding tert-OH is 1. The van der Waals surface area contributed by atoms with Gasteiger partial charge in [-0.1, -0.05) is 23.8 Å². The van der Waals surface area contributed by atoms with E-state index < -0.39 is 6.04 Å². The molecule has 0 amide bonds. The molecule has 1 unspecified atom stereocenters. The second-order valence-electron chi connectivity index (χ2n) is 4.29. The van der Waals surface area contributed by atoms with Crippen LogP contribution in [0.2, 0.25) is 0 Å². The Kier molecular flexibility index (Phi) is 3.26. The van der Waals surface area contributed by atoms with Gasteiger partial charge in [0, 0.05) is 5.56 Å². The SMILES string of the molecule is Cc1ccc(-c2cnc(C(N)CO)[nH]2)c(C)c1. The number of aromatic nitrogens is 2. The third-order valence-corrected chi connectivity index (χ3v) is 2.82. The van der Waals surface area contributed by atoms with Gasteiger partial charge in [-0.3, -0.25) is 0 Å². The van der Waals surface area contributed by atoms with Crippen molar-refractivity contribution in [3.8, 4) is 11.3 Å². The molecule has 4 N–H and O–H groups in total. The highest BCUT2D eigenvalue weighted by Crippen LogP contribution is 2.23. The Morgan fingerprint density at radius 3 is 2.82 bits per heavy atom. The highest BCUT2D eigenvalue weighted by molar-refractivity contribution is 5.63. The van der Waals surface area contributed by atoms with Crippen molar-refractivity contribution in [2.75, 3.05) is 6.61 Å². The molecule has 0 saturated heterocycles. The molecule has 4 heteroatoms. The second kappa shape index (κ2) is 4.69. The Morgan fingerprint density at radius 1 is 1.41 bits per heavy atom. The first-order chi connectivity index (χ1) is 8.11. The summed E-state index contributed by atoms with van der Waals surface area (Å²) in [4.78, 5) is 7.33. The molecule has 0 aliphatic heterocycles. The lowest BCUT2D eigenvalue weighted by atomic mass is 10.0. The Labute approximate surface area is 101 Å². The van der Waals surface area contributed by atoms with E-state index in [9.17, 15) is 0 Å². The number of imidazole rings is 1. The van der Waals surface area contributed by atoms with Crippen molar-refractivity contribution in [3.63, 3.8) is 0 Å². The van der Waals surface area contributed by atoms with Crippen LogP contribution in [0.15, 0.2) is 24.4 Å². The molecule has 0 aliphatic rings. The number of nitrogens with one attached hydrogen (secondary N) is 1. The maximum atomic E-state index is 8.97. The lowest BCUT2D eigenvalue weighted by Gasteiger charge is -2.05. The van der Waals surface area contributed by atoms with Gasteiger partial charge in [0.05, 0.1) is 24.5 Å². The smallest absolute Gasteiger partial charge is 0.125 e. The third kappa shape index (κ3) is 2.38. The zero-order valence-electron chi connectivity index (χ0n) is 10.1. The minimum Gasteiger partial charge on any atom is -0.394 e. The van der Waals surface area contributed by atoms with E-state index >= 15 is 0 Å². The van der Waals surface area contributed by atoms with Crippen molar-refractivity contribution in [3.05, 3.63) is 41.3 Å². The van der Waals surface area contributed by atoms with Gasteiger partial charge in [0.2, 0.25) is 0 Å². The van der Waals surface area contributed by atoms with Crippen LogP contribution in [0, 0.1) is 13.8 Å². The van der Waals surface area contributed by atoms with E-state index in [-0.39, 0.29) is 6.61 Å². The normalized spacial score (nSPS) is 12.7. The summed E-state index contributed by atoms with van der Waals surface area (Å²) in [5.41, 5.74) is 10.2. The van der Waals surface area contributed by atoms with E-state index in [1.165, 1.54) is 11.1 Å². The average molecular weight is 231 g/mol. The monoisotopic (exact) mass is 231 g/mol. The van der Waals surface area contributed by atoms with Crippen LogP contribution in [0.25, 0.3) is 11.3 Å². The molecule has 0 spiro atoms.